The van der Waals surface area contributed by atoms with Gasteiger partial charge in [0.25, 0.3) is 0 Å². The average molecular weight is 210 g/mol. The van der Waals surface area contributed by atoms with Crippen LogP contribution < -0.4 is 0 Å². The Labute approximate surface area is 90.4 Å². The van der Waals surface area contributed by atoms with Crippen molar-refractivity contribution in [2.45, 2.75) is 32.3 Å². The minimum Gasteiger partial charge on any atom is -0.463 e. The number of esters is 1. The topological polar surface area (TPSA) is 46.5 Å². The van der Waals surface area contributed by atoms with Crippen LogP contribution in [0.25, 0.3) is 0 Å². The van der Waals surface area contributed by atoms with Gasteiger partial charge in [0.2, 0.25) is 0 Å². The van der Waals surface area contributed by atoms with Crippen molar-refractivity contribution in [1.82, 2.24) is 0 Å². The summed E-state index contributed by atoms with van der Waals surface area (Å²) in [4.78, 5) is 10.7. The van der Waals surface area contributed by atoms with Crippen LogP contribution in [0.5, 0.6) is 0 Å². The van der Waals surface area contributed by atoms with Gasteiger partial charge in [-0.1, -0.05) is 24.3 Å². The molecule has 1 N–H and O–H groups in total. The van der Waals surface area contributed by atoms with Gasteiger partial charge < -0.3 is 9.84 Å². The maximum Gasteiger partial charge on any atom is 0.302 e. The summed E-state index contributed by atoms with van der Waals surface area (Å²) in [6.07, 6.45) is 5.60. The van der Waals surface area contributed by atoms with E-state index in [1.54, 1.807) is 6.92 Å². The van der Waals surface area contributed by atoms with Gasteiger partial charge in [-0.25, -0.2) is 0 Å². The van der Waals surface area contributed by atoms with Crippen LogP contribution in [0.15, 0.2) is 24.3 Å². The van der Waals surface area contributed by atoms with Gasteiger partial charge >= 0.3 is 5.97 Å². The maximum atomic E-state index is 10.7. The van der Waals surface area contributed by atoms with Crippen molar-refractivity contribution in [2.75, 3.05) is 6.61 Å². The molecule has 3 nitrogen and oxygen atoms in total. The van der Waals surface area contributed by atoms with Crippen LogP contribution >= 0.6 is 0 Å². The minimum absolute atomic E-state index is 0.0300. The molecule has 0 radical (unpaired) electrons. The molecule has 0 bridgehead atoms. The van der Waals surface area contributed by atoms with Crippen molar-refractivity contribution in [3.05, 3.63) is 24.3 Å². The van der Waals surface area contributed by atoms with Crippen LogP contribution in [0.1, 0.15) is 26.7 Å². The third-order valence-corrected chi connectivity index (χ3v) is 2.71. The van der Waals surface area contributed by atoms with E-state index in [2.05, 4.69) is 6.58 Å². The molecule has 1 unspecified atom stereocenters. The maximum absolute atomic E-state index is 10.7. The van der Waals surface area contributed by atoms with Crippen molar-refractivity contribution in [3.8, 4) is 0 Å². The molecule has 15 heavy (non-hydrogen) atoms. The SMILES string of the molecule is C=C1C=C[C@H](C(C)(O)COC(C)=O)CC1. The molecular weight excluding hydrogens is 192 g/mol. The van der Waals surface area contributed by atoms with E-state index in [0.717, 1.165) is 18.4 Å². The number of ether oxygens (including phenoxy) is 1. The standard InChI is InChI=1S/C12H18O3/c1-9-4-6-11(7-5-9)12(3,14)8-15-10(2)13/h4,6,11,14H,1,5,7-8H2,2-3H3/t11-,12?/m0/s1. The highest BCUT2D eigenvalue weighted by atomic mass is 16.5. The van der Waals surface area contributed by atoms with Gasteiger partial charge in [0.15, 0.2) is 0 Å². The third-order valence-electron chi connectivity index (χ3n) is 2.71. The number of carbonyl (C=O) groups excluding carboxylic acids is 1. The van der Waals surface area contributed by atoms with Crippen molar-refractivity contribution < 1.29 is 14.6 Å². The smallest absolute Gasteiger partial charge is 0.302 e. The van der Waals surface area contributed by atoms with E-state index in [1.807, 2.05) is 12.2 Å². The summed E-state index contributed by atoms with van der Waals surface area (Å²) in [6.45, 7) is 6.93. The molecule has 0 saturated carbocycles. The lowest BCUT2D eigenvalue weighted by molar-refractivity contribution is -0.150. The van der Waals surface area contributed by atoms with E-state index in [1.165, 1.54) is 6.92 Å². The Morgan fingerprint density at radius 1 is 1.80 bits per heavy atom. The summed E-state index contributed by atoms with van der Waals surface area (Å²) >= 11 is 0. The summed E-state index contributed by atoms with van der Waals surface area (Å²) in [5.74, 6) is -0.332. The van der Waals surface area contributed by atoms with Gasteiger partial charge in [-0.05, 0) is 19.8 Å². The molecule has 3 heteroatoms. The number of carbonyl (C=O) groups is 1. The lowest BCUT2D eigenvalue weighted by Gasteiger charge is -2.32. The Kier molecular flexibility index (Phi) is 3.69. The first-order chi connectivity index (χ1) is 6.92. The third kappa shape index (κ3) is 3.51. The normalized spacial score (nSPS) is 24.7. The second-order valence-electron chi connectivity index (χ2n) is 4.30. The van der Waals surface area contributed by atoms with E-state index in [0.29, 0.717) is 0 Å². The molecule has 0 aromatic carbocycles. The molecule has 1 rings (SSSR count). The molecule has 2 atom stereocenters. The van der Waals surface area contributed by atoms with Gasteiger partial charge in [-0.15, -0.1) is 0 Å². The Bertz CT molecular complexity index is 289. The number of rotatable bonds is 3. The van der Waals surface area contributed by atoms with Crippen LogP contribution in [-0.4, -0.2) is 23.3 Å². The first-order valence-electron chi connectivity index (χ1n) is 5.13. The molecular formula is C12H18O3. The molecule has 0 amide bonds. The second-order valence-corrected chi connectivity index (χ2v) is 4.30. The van der Waals surface area contributed by atoms with Crippen molar-refractivity contribution in [3.63, 3.8) is 0 Å². The molecule has 0 fully saturated rings. The minimum atomic E-state index is -0.983. The Hall–Kier alpha value is -1.09. The number of allylic oxidation sites excluding steroid dienone is 2. The summed E-state index contributed by atoms with van der Waals surface area (Å²) in [5, 5.41) is 10.1. The fraction of sp³-hybridized carbons (Fsp3) is 0.583. The predicted molar refractivity (Wildman–Crippen MR) is 58.3 cm³/mol. The first kappa shape index (κ1) is 12.0. The molecule has 0 spiro atoms. The van der Waals surface area contributed by atoms with Gasteiger partial charge in [-0.2, -0.15) is 0 Å². The Balaban J connectivity index is 2.57. The second kappa shape index (κ2) is 4.62. The summed E-state index contributed by atoms with van der Waals surface area (Å²) < 4.78 is 4.84. The zero-order chi connectivity index (χ0) is 11.5. The van der Waals surface area contributed by atoms with E-state index in [9.17, 15) is 9.90 Å². The van der Waals surface area contributed by atoms with Crippen LogP contribution in [0, 0.1) is 5.92 Å². The molecule has 0 aromatic rings. The molecule has 0 aliphatic heterocycles. The van der Waals surface area contributed by atoms with Crippen LogP contribution in [0.4, 0.5) is 0 Å². The van der Waals surface area contributed by atoms with E-state index in [4.69, 9.17) is 4.74 Å². The highest BCUT2D eigenvalue weighted by Gasteiger charge is 2.32. The highest BCUT2D eigenvalue weighted by Crippen LogP contribution is 2.29. The fourth-order valence-electron chi connectivity index (χ4n) is 1.65. The van der Waals surface area contributed by atoms with Crippen molar-refractivity contribution in [2.24, 2.45) is 5.92 Å². The van der Waals surface area contributed by atoms with Crippen molar-refractivity contribution in [1.29, 1.82) is 0 Å². The van der Waals surface area contributed by atoms with Gasteiger partial charge in [0.05, 0.1) is 0 Å². The van der Waals surface area contributed by atoms with Crippen LogP contribution in [0.3, 0.4) is 0 Å². The van der Waals surface area contributed by atoms with E-state index >= 15 is 0 Å². The van der Waals surface area contributed by atoms with E-state index < -0.39 is 5.60 Å². The lowest BCUT2D eigenvalue weighted by Crippen LogP contribution is -2.39. The van der Waals surface area contributed by atoms with Gasteiger partial charge in [0.1, 0.15) is 12.2 Å². The Morgan fingerprint density at radius 3 is 2.93 bits per heavy atom. The monoisotopic (exact) mass is 210 g/mol. The highest BCUT2D eigenvalue weighted by molar-refractivity contribution is 5.65. The molecule has 1 aliphatic rings. The van der Waals surface area contributed by atoms with Crippen LogP contribution in [0.2, 0.25) is 0 Å². The van der Waals surface area contributed by atoms with Gasteiger partial charge in [0, 0.05) is 12.8 Å². The molecule has 0 heterocycles. The van der Waals surface area contributed by atoms with E-state index in [-0.39, 0.29) is 18.5 Å². The fourth-order valence-corrected chi connectivity index (χ4v) is 1.65. The first-order valence-corrected chi connectivity index (χ1v) is 5.13. The van der Waals surface area contributed by atoms with Crippen LogP contribution in [-0.2, 0) is 9.53 Å². The summed E-state index contributed by atoms with van der Waals surface area (Å²) in [6, 6.07) is 0. The van der Waals surface area contributed by atoms with Gasteiger partial charge in [-0.3, -0.25) is 4.79 Å². The zero-order valence-electron chi connectivity index (χ0n) is 9.32. The predicted octanol–water partition coefficient (Wildman–Crippen LogP) is 1.82. The molecule has 0 saturated heterocycles. The zero-order valence-corrected chi connectivity index (χ0v) is 9.32. The summed E-state index contributed by atoms with van der Waals surface area (Å²) in [7, 11) is 0. The number of aliphatic hydroxyl groups is 1. The van der Waals surface area contributed by atoms with Crippen molar-refractivity contribution >= 4 is 5.97 Å². The number of hydrogen-bond acceptors (Lipinski definition) is 3. The summed E-state index contributed by atoms with van der Waals surface area (Å²) in [5.41, 5.74) is 0.0950. The molecule has 1 aliphatic carbocycles. The lowest BCUT2D eigenvalue weighted by atomic mass is 9.81. The molecule has 0 aromatic heterocycles. The quantitative estimate of drug-likeness (QED) is 0.723. The molecule has 84 valence electrons. The average Bonchev–Trinajstić information content (AvgIpc) is 2.16. The Morgan fingerprint density at radius 2 is 2.47 bits per heavy atom. The largest absolute Gasteiger partial charge is 0.463 e. The number of hydrogen-bond donors (Lipinski definition) is 1.